The highest BCUT2D eigenvalue weighted by molar-refractivity contribution is 9.10. The summed E-state index contributed by atoms with van der Waals surface area (Å²) in [5.74, 6) is -0.110. The molecule has 2 aromatic rings. The first-order chi connectivity index (χ1) is 11.1. The molecule has 0 saturated heterocycles. The van der Waals surface area contributed by atoms with E-state index in [9.17, 15) is 9.59 Å². The summed E-state index contributed by atoms with van der Waals surface area (Å²) in [4.78, 5) is 25.3. The molecule has 23 heavy (non-hydrogen) atoms. The van der Waals surface area contributed by atoms with Crippen molar-refractivity contribution in [3.05, 3.63) is 81.8 Å². The highest BCUT2D eigenvalue weighted by Crippen LogP contribution is 2.36. The van der Waals surface area contributed by atoms with Gasteiger partial charge in [0, 0.05) is 29.0 Å². The summed E-state index contributed by atoms with van der Waals surface area (Å²) in [6.07, 6.45) is 2.22. The van der Waals surface area contributed by atoms with E-state index in [1.165, 1.54) is 6.08 Å². The summed E-state index contributed by atoms with van der Waals surface area (Å²) in [7, 11) is 0. The van der Waals surface area contributed by atoms with Crippen molar-refractivity contribution >= 4 is 28.1 Å². The second-order valence-corrected chi connectivity index (χ2v) is 6.48. The van der Waals surface area contributed by atoms with Crippen LogP contribution in [0.15, 0.2) is 59.6 Å². The minimum atomic E-state index is -0.0933. The van der Waals surface area contributed by atoms with Gasteiger partial charge < -0.3 is 4.90 Å². The lowest BCUT2D eigenvalue weighted by atomic mass is 9.83. The number of rotatable bonds is 3. The second-order valence-electron chi connectivity index (χ2n) is 5.57. The number of aldehydes is 1. The van der Waals surface area contributed by atoms with Crippen LogP contribution >= 0.6 is 15.9 Å². The zero-order valence-electron chi connectivity index (χ0n) is 12.5. The smallest absolute Gasteiger partial charge is 0.246 e. The van der Waals surface area contributed by atoms with Crippen LogP contribution in [-0.2, 0) is 11.3 Å². The van der Waals surface area contributed by atoms with Gasteiger partial charge in [-0.25, -0.2) is 0 Å². The van der Waals surface area contributed by atoms with Crippen molar-refractivity contribution in [3.63, 3.8) is 0 Å². The maximum atomic E-state index is 12.1. The van der Waals surface area contributed by atoms with Crippen LogP contribution in [0.5, 0.6) is 0 Å². The van der Waals surface area contributed by atoms with Crippen LogP contribution in [0.3, 0.4) is 0 Å². The van der Waals surface area contributed by atoms with Gasteiger partial charge in [0.1, 0.15) is 6.29 Å². The molecule has 3 nitrogen and oxygen atoms in total. The van der Waals surface area contributed by atoms with E-state index in [2.05, 4.69) is 28.6 Å². The van der Waals surface area contributed by atoms with Crippen molar-refractivity contribution < 1.29 is 9.59 Å². The molecule has 0 spiro atoms. The summed E-state index contributed by atoms with van der Waals surface area (Å²) in [5.41, 5.74) is 3.87. The lowest BCUT2D eigenvalue weighted by molar-refractivity contribution is -0.127. The van der Waals surface area contributed by atoms with Gasteiger partial charge in [-0.2, -0.15) is 0 Å². The predicted molar refractivity (Wildman–Crippen MR) is 93.4 cm³/mol. The van der Waals surface area contributed by atoms with E-state index in [0.29, 0.717) is 18.7 Å². The highest BCUT2D eigenvalue weighted by Gasteiger charge is 2.29. The van der Waals surface area contributed by atoms with Crippen molar-refractivity contribution in [1.29, 1.82) is 0 Å². The van der Waals surface area contributed by atoms with Crippen molar-refractivity contribution in [2.24, 2.45) is 0 Å². The molecular formula is C19H16BrNO2. The van der Waals surface area contributed by atoms with Gasteiger partial charge in [0.2, 0.25) is 5.91 Å². The Balaban J connectivity index is 2.13. The summed E-state index contributed by atoms with van der Waals surface area (Å²) in [6.45, 7) is 4.69. The lowest BCUT2D eigenvalue weighted by Crippen LogP contribution is -2.37. The Morgan fingerprint density at radius 3 is 2.74 bits per heavy atom. The Hall–Kier alpha value is -2.20. The van der Waals surface area contributed by atoms with E-state index < -0.39 is 0 Å². The lowest BCUT2D eigenvalue weighted by Gasteiger charge is -2.35. The Kier molecular flexibility index (Phi) is 4.44. The van der Waals surface area contributed by atoms with Gasteiger partial charge in [0.25, 0.3) is 0 Å². The minimum absolute atomic E-state index is 0.0165. The fourth-order valence-corrected chi connectivity index (χ4v) is 3.55. The summed E-state index contributed by atoms with van der Waals surface area (Å²) >= 11 is 3.49. The number of nitrogens with zero attached hydrogens (tertiary/aromatic N) is 1. The van der Waals surface area contributed by atoms with Gasteiger partial charge in [-0.15, -0.1) is 0 Å². The van der Waals surface area contributed by atoms with E-state index in [0.717, 1.165) is 27.4 Å². The molecule has 1 aliphatic rings. The molecule has 1 amide bonds. The molecule has 0 radical (unpaired) electrons. The summed E-state index contributed by atoms with van der Waals surface area (Å²) in [6, 6.07) is 13.7. The largest absolute Gasteiger partial charge is 0.334 e. The average Bonchev–Trinajstić information content (AvgIpc) is 2.59. The van der Waals surface area contributed by atoms with Crippen molar-refractivity contribution in [2.45, 2.75) is 12.5 Å². The number of fused-ring (bicyclic) bond motifs is 1. The van der Waals surface area contributed by atoms with Gasteiger partial charge in [0.05, 0.1) is 0 Å². The van der Waals surface area contributed by atoms with E-state index in [4.69, 9.17) is 0 Å². The maximum Gasteiger partial charge on any atom is 0.246 e. The van der Waals surface area contributed by atoms with Gasteiger partial charge >= 0.3 is 0 Å². The molecule has 0 aliphatic carbocycles. The first kappa shape index (κ1) is 15.7. The topological polar surface area (TPSA) is 37.4 Å². The Morgan fingerprint density at radius 2 is 2.00 bits per heavy atom. The molecule has 0 aromatic heterocycles. The van der Waals surface area contributed by atoms with E-state index in [1.807, 2.05) is 36.4 Å². The molecule has 0 N–H and O–H groups in total. The van der Waals surface area contributed by atoms with Gasteiger partial charge in [0.15, 0.2) is 0 Å². The molecule has 0 saturated carbocycles. The molecule has 2 aromatic carbocycles. The third-order valence-electron chi connectivity index (χ3n) is 4.23. The Bertz CT molecular complexity index is 785. The second kappa shape index (κ2) is 6.50. The van der Waals surface area contributed by atoms with Crippen LogP contribution < -0.4 is 0 Å². The normalized spacial score (nSPS) is 16.6. The van der Waals surface area contributed by atoms with Crippen LogP contribution in [0, 0.1) is 0 Å². The Morgan fingerprint density at radius 1 is 1.22 bits per heavy atom. The van der Waals surface area contributed by atoms with Gasteiger partial charge in [-0.1, -0.05) is 52.8 Å². The number of hydrogen-bond acceptors (Lipinski definition) is 2. The van der Waals surface area contributed by atoms with E-state index in [1.54, 1.807) is 4.90 Å². The molecule has 0 bridgehead atoms. The first-order valence-electron chi connectivity index (χ1n) is 7.38. The van der Waals surface area contributed by atoms with Crippen LogP contribution in [0.25, 0.3) is 0 Å². The molecule has 4 heteroatoms. The Labute approximate surface area is 143 Å². The van der Waals surface area contributed by atoms with Crippen molar-refractivity contribution in [3.8, 4) is 0 Å². The standard InChI is InChI=1S/C19H16BrNO2/c1-2-19(23)21-10-14-9-15(20)7-8-17(14)18(11-21)16-6-4-3-5-13(16)12-22/h2-9,12,18H,1,10-11H2/t18-/m1/s1. The molecule has 3 rings (SSSR count). The number of benzene rings is 2. The number of halogens is 1. The fourth-order valence-electron chi connectivity index (χ4n) is 3.14. The predicted octanol–water partition coefficient (Wildman–Crippen LogP) is 3.92. The molecule has 116 valence electrons. The molecule has 1 heterocycles. The number of carbonyl (C=O) groups is 2. The number of amides is 1. The van der Waals surface area contributed by atoms with Crippen molar-refractivity contribution in [1.82, 2.24) is 4.90 Å². The average molecular weight is 370 g/mol. The van der Waals surface area contributed by atoms with Gasteiger partial charge in [-0.05, 0) is 34.9 Å². The summed E-state index contributed by atoms with van der Waals surface area (Å²) in [5, 5.41) is 0. The number of hydrogen-bond donors (Lipinski definition) is 0. The molecule has 1 aliphatic heterocycles. The van der Waals surface area contributed by atoms with Crippen LogP contribution in [0.4, 0.5) is 0 Å². The quantitative estimate of drug-likeness (QED) is 0.607. The minimum Gasteiger partial charge on any atom is -0.334 e. The third kappa shape index (κ3) is 2.99. The van der Waals surface area contributed by atoms with Crippen molar-refractivity contribution in [2.75, 3.05) is 6.54 Å². The molecule has 0 unspecified atom stereocenters. The first-order valence-corrected chi connectivity index (χ1v) is 8.17. The third-order valence-corrected chi connectivity index (χ3v) is 4.72. The number of carbonyl (C=O) groups excluding carboxylic acids is 2. The zero-order valence-corrected chi connectivity index (χ0v) is 14.1. The molecule has 0 fully saturated rings. The molecular weight excluding hydrogens is 354 g/mol. The SMILES string of the molecule is C=CC(=O)N1Cc2cc(Br)ccc2[C@@H](c2ccccc2C=O)C1. The highest BCUT2D eigenvalue weighted by atomic mass is 79.9. The van der Waals surface area contributed by atoms with Crippen LogP contribution in [-0.4, -0.2) is 23.6 Å². The monoisotopic (exact) mass is 369 g/mol. The van der Waals surface area contributed by atoms with Crippen LogP contribution in [0.2, 0.25) is 0 Å². The van der Waals surface area contributed by atoms with Gasteiger partial charge in [-0.3, -0.25) is 9.59 Å². The fraction of sp³-hybridized carbons (Fsp3) is 0.158. The zero-order chi connectivity index (χ0) is 16.4. The maximum absolute atomic E-state index is 12.1. The van der Waals surface area contributed by atoms with Crippen LogP contribution in [0.1, 0.15) is 33.0 Å². The summed E-state index contributed by atoms with van der Waals surface area (Å²) < 4.78 is 0.978. The molecule has 1 atom stereocenters. The van der Waals surface area contributed by atoms with E-state index in [-0.39, 0.29) is 11.8 Å². The van der Waals surface area contributed by atoms with E-state index >= 15 is 0 Å².